The number of anilines is 2. The number of ether oxygens (including phenoxy) is 3. The van der Waals surface area contributed by atoms with Gasteiger partial charge in [0, 0.05) is 19.5 Å². The highest BCUT2D eigenvalue weighted by atomic mass is 35.5. The first-order valence-electron chi connectivity index (χ1n) is 19.1. The van der Waals surface area contributed by atoms with Crippen molar-refractivity contribution in [2.45, 2.75) is 36.0 Å². The quantitative estimate of drug-likeness (QED) is 0.0625. The molecule has 4 aromatic carbocycles. The lowest BCUT2D eigenvalue weighted by Gasteiger charge is -2.26. The summed E-state index contributed by atoms with van der Waals surface area (Å²) in [5.74, 6) is -0.916. The predicted octanol–water partition coefficient (Wildman–Crippen LogP) is 11.9. The van der Waals surface area contributed by atoms with E-state index < -0.39 is 81.7 Å². The van der Waals surface area contributed by atoms with Crippen LogP contribution in [0, 0.1) is 13.8 Å². The maximum absolute atomic E-state index is 13.6. The maximum atomic E-state index is 13.6. The van der Waals surface area contributed by atoms with Gasteiger partial charge in [0.2, 0.25) is 11.6 Å². The number of hydrogen-bond donors (Lipinski definition) is 1. The number of carbonyl (C=O) groups is 2. The zero-order valence-corrected chi connectivity index (χ0v) is 41.9. The zero-order chi connectivity index (χ0) is 51.4. The van der Waals surface area contributed by atoms with Crippen molar-refractivity contribution in [3.05, 3.63) is 162 Å². The molecule has 374 valence electrons. The number of alkyl halides is 6. The second kappa shape index (κ2) is 22.8. The Bertz CT molecular complexity index is 3190. The van der Waals surface area contributed by atoms with Crippen molar-refractivity contribution in [1.82, 2.24) is 9.97 Å². The van der Waals surface area contributed by atoms with Gasteiger partial charge >= 0.3 is 12.4 Å². The van der Waals surface area contributed by atoms with Crippen LogP contribution in [0.2, 0.25) is 20.1 Å². The Morgan fingerprint density at radius 1 is 0.643 bits per heavy atom. The van der Waals surface area contributed by atoms with E-state index in [1.165, 1.54) is 21.3 Å². The van der Waals surface area contributed by atoms with E-state index in [4.69, 9.17) is 60.6 Å². The summed E-state index contributed by atoms with van der Waals surface area (Å²) in [6.45, 7) is 2.64. The Labute approximate surface area is 423 Å². The van der Waals surface area contributed by atoms with Gasteiger partial charge in [-0.2, -0.15) is 26.3 Å². The lowest BCUT2D eigenvalue weighted by molar-refractivity contribution is -0.138. The number of aryl methyl sites for hydroxylation is 2. The fraction of sp³-hybridized carbons (Fsp3) is 0.182. The number of nitrogens with one attached hydrogen (secondary N) is 1. The average molecular weight is 1120 g/mol. The number of carbonyl (C=O) groups excluding carboxylic acids is 2. The van der Waals surface area contributed by atoms with Gasteiger partial charge in [-0.1, -0.05) is 70.7 Å². The van der Waals surface area contributed by atoms with E-state index in [-0.39, 0.29) is 67.8 Å². The van der Waals surface area contributed by atoms with Crippen molar-refractivity contribution in [2.24, 2.45) is 0 Å². The van der Waals surface area contributed by atoms with Crippen molar-refractivity contribution in [1.29, 1.82) is 0 Å². The van der Waals surface area contributed by atoms with E-state index in [0.29, 0.717) is 27.6 Å². The molecule has 2 aromatic heterocycles. The Balaban J connectivity index is 0.000000301. The zero-order valence-electron chi connectivity index (χ0n) is 36.5. The lowest BCUT2D eigenvalue weighted by Crippen LogP contribution is -2.34. The van der Waals surface area contributed by atoms with Crippen molar-refractivity contribution in [3.8, 4) is 11.5 Å². The molecule has 0 saturated heterocycles. The summed E-state index contributed by atoms with van der Waals surface area (Å²) in [4.78, 5) is 33.4. The Morgan fingerprint density at radius 2 is 1.09 bits per heavy atom. The third-order valence-corrected chi connectivity index (χ3v) is 13.8. The molecule has 0 aliphatic heterocycles. The Kier molecular flexibility index (Phi) is 18.6. The number of halogens is 11. The molecule has 6 aromatic rings. The van der Waals surface area contributed by atoms with E-state index in [1.54, 1.807) is 50.2 Å². The molecule has 70 heavy (non-hydrogen) atoms. The molecule has 13 nitrogen and oxygen atoms in total. The second-order valence-electron chi connectivity index (χ2n) is 14.2. The van der Waals surface area contributed by atoms with Gasteiger partial charge in [-0.3, -0.25) is 14.3 Å². The number of pyridine rings is 2. The van der Waals surface area contributed by atoms with Gasteiger partial charge in [-0.15, -0.1) is 12.4 Å². The van der Waals surface area contributed by atoms with Crippen LogP contribution in [0.15, 0.2) is 107 Å². The second-order valence-corrected chi connectivity index (χ2v) is 19.4. The van der Waals surface area contributed by atoms with Crippen molar-refractivity contribution in [3.63, 3.8) is 0 Å². The monoisotopic (exact) mass is 1120 g/mol. The molecule has 2 heterocycles. The van der Waals surface area contributed by atoms with Crippen LogP contribution in [0.25, 0.3) is 0 Å². The van der Waals surface area contributed by atoms with E-state index in [9.17, 15) is 52.8 Å². The summed E-state index contributed by atoms with van der Waals surface area (Å²) >= 11 is 23.2. The van der Waals surface area contributed by atoms with Crippen LogP contribution in [-0.2, 0) is 37.1 Å². The lowest BCUT2D eigenvalue weighted by atomic mass is 10.00. The van der Waals surface area contributed by atoms with Gasteiger partial charge < -0.3 is 14.2 Å². The third-order valence-electron chi connectivity index (χ3n) is 9.63. The number of benzene rings is 4. The summed E-state index contributed by atoms with van der Waals surface area (Å²) in [7, 11) is -5.41. The van der Waals surface area contributed by atoms with Gasteiger partial charge in [0.15, 0.2) is 0 Å². The Morgan fingerprint density at radius 3 is 1.56 bits per heavy atom. The fourth-order valence-corrected chi connectivity index (χ4v) is 9.67. The van der Waals surface area contributed by atoms with Crippen LogP contribution >= 0.6 is 58.8 Å². The van der Waals surface area contributed by atoms with Gasteiger partial charge in [0.05, 0.1) is 77.7 Å². The summed E-state index contributed by atoms with van der Waals surface area (Å²) in [6.07, 6.45) is -7.50. The summed E-state index contributed by atoms with van der Waals surface area (Å²) in [5, 5.41) is -1.37. The summed E-state index contributed by atoms with van der Waals surface area (Å²) in [5.41, 5.74) is -2.61. The molecular weight excluding hydrogens is 1080 g/mol. The van der Waals surface area contributed by atoms with Crippen molar-refractivity contribution >= 4 is 102 Å². The molecule has 0 aliphatic carbocycles. The van der Waals surface area contributed by atoms with E-state index >= 15 is 0 Å². The molecular formula is C44H35Cl5F6N4O9S2. The molecule has 26 heteroatoms. The molecule has 0 amide bonds. The minimum absolute atomic E-state index is 0. The van der Waals surface area contributed by atoms with E-state index in [1.807, 2.05) is 0 Å². The van der Waals surface area contributed by atoms with Crippen molar-refractivity contribution < 1.29 is 67.0 Å². The standard InChI is InChI=1S/C23H19Cl2F3N2O5S.C21H15Cl2F3N2O4S.ClH/c1-13-5-4-6-19(35-3)20(13)22(31)21-18(9-14(24)11-29-21)30(12-34-2)36(32,33)15-7-8-17(25)16(10-15)23(26,27)28;1-11-4-3-5-17(32-2)18(11)20(29)19-16(8-12(22)10-27-19)28-33(30,31)13-6-7-15(23)14(9-13)21(24,25)26;/h4-11H,12H2,1-3H3;3-10,28H,1-2H3;1H. The first-order chi connectivity index (χ1) is 32.2. The highest BCUT2D eigenvalue weighted by molar-refractivity contribution is 7.93. The molecule has 0 spiro atoms. The highest BCUT2D eigenvalue weighted by Gasteiger charge is 2.38. The van der Waals surface area contributed by atoms with Crippen LogP contribution < -0.4 is 18.5 Å². The molecule has 6 rings (SSSR count). The number of hydrogen-bond acceptors (Lipinski definition) is 11. The van der Waals surface area contributed by atoms with E-state index in [2.05, 4.69) is 14.7 Å². The van der Waals surface area contributed by atoms with Crippen LogP contribution in [0.3, 0.4) is 0 Å². The highest BCUT2D eigenvalue weighted by Crippen LogP contribution is 2.40. The normalized spacial score (nSPS) is 11.7. The molecule has 1 N–H and O–H groups in total. The number of methoxy groups -OCH3 is 3. The number of ketones is 2. The molecule has 0 unspecified atom stereocenters. The number of nitrogens with zero attached hydrogens (tertiary/aromatic N) is 3. The average Bonchev–Trinajstić information content (AvgIpc) is 3.27. The number of rotatable bonds is 14. The molecule has 0 atom stereocenters. The van der Waals surface area contributed by atoms with Crippen LogP contribution in [0.1, 0.15) is 54.4 Å². The summed E-state index contributed by atoms with van der Waals surface area (Å²) < 4.78 is 151. The largest absolute Gasteiger partial charge is 0.496 e. The fourth-order valence-electron chi connectivity index (χ4n) is 6.42. The van der Waals surface area contributed by atoms with Gasteiger partial charge in [-0.05, 0) is 85.6 Å². The first kappa shape index (κ1) is 57.2. The topological polar surface area (TPSA) is 171 Å². The SMILES string of the molecule is COCN(c1cc(Cl)cnc1C(=O)c1c(C)cccc1OC)S(=O)(=O)c1ccc(Cl)c(C(F)(F)F)c1.COc1cccc(C)c1C(=O)c1ncc(Cl)cc1NS(=O)(=O)c1ccc(Cl)c(C(F)(F)F)c1.Cl. The van der Waals surface area contributed by atoms with Crippen LogP contribution in [0.5, 0.6) is 11.5 Å². The number of aromatic nitrogens is 2. The van der Waals surface area contributed by atoms with Crippen LogP contribution in [-0.4, -0.2) is 66.4 Å². The summed E-state index contributed by atoms with van der Waals surface area (Å²) in [6, 6.07) is 16.3. The molecule has 0 saturated carbocycles. The molecule has 0 aliphatic rings. The minimum atomic E-state index is -4.91. The predicted molar refractivity (Wildman–Crippen MR) is 253 cm³/mol. The minimum Gasteiger partial charge on any atom is -0.496 e. The van der Waals surface area contributed by atoms with Crippen molar-refractivity contribution in [2.75, 3.05) is 37.1 Å². The third kappa shape index (κ3) is 12.7. The van der Waals surface area contributed by atoms with Gasteiger partial charge in [-0.25, -0.2) is 31.1 Å². The number of sulfonamides is 2. The maximum Gasteiger partial charge on any atom is 0.417 e. The Hall–Kier alpha value is -5.39. The molecule has 0 fully saturated rings. The smallest absolute Gasteiger partial charge is 0.417 e. The first-order valence-corrected chi connectivity index (χ1v) is 23.6. The molecule has 0 radical (unpaired) electrons. The van der Waals surface area contributed by atoms with E-state index in [0.717, 1.165) is 48.8 Å². The van der Waals surface area contributed by atoms with Crippen LogP contribution in [0.4, 0.5) is 37.7 Å². The van der Waals surface area contributed by atoms with Gasteiger partial charge in [0.1, 0.15) is 29.6 Å². The van der Waals surface area contributed by atoms with Gasteiger partial charge in [0.25, 0.3) is 20.0 Å². The molecule has 0 bridgehead atoms.